The molecule has 0 radical (unpaired) electrons. The zero-order valence-corrected chi connectivity index (χ0v) is 26.4. The third-order valence-electron chi connectivity index (χ3n) is 7.19. The van der Waals surface area contributed by atoms with Crippen molar-refractivity contribution in [1.29, 1.82) is 0 Å². The van der Waals surface area contributed by atoms with Crippen LogP contribution in [0.3, 0.4) is 0 Å². The van der Waals surface area contributed by atoms with Gasteiger partial charge < -0.3 is 20.3 Å². The van der Waals surface area contributed by atoms with Gasteiger partial charge in [0.1, 0.15) is 17.7 Å². The Balaban J connectivity index is 2.06. The second-order valence-electron chi connectivity index (χ2n) is 12.4. The van der Waals surface area contributed by atoms with E-state index in [0.29, 0.717) is 12.2 Å². The van der Waals surface area contributed by atoms with Crippen LogP contribution in [0.1, 0.15) is 83.5 Å². The number of hydrogen-bond donors (Lipinski definition) is 2. The number of alkyl carbamates (subject to hydrolysis) is 1. The molecule has 3 amide bonds. The van der Waals surface area contributed by atoms with E-state index in [2.05, 4.69) is 17.6 Å². The van der Waals surface area contributed by atoms with Gasteiger partial charge in [-0.3, -0.25) is 9.59 Å². The molecule has 0 saturated carbocycles. The van der Waals surface area contributed by atoms with Gasteiger partial charge >= 0.3 is 6.09 Å². The lowest BCUT2D eigenvalue weighted by Crippen LogP contribution is -2.54. The number of amides is 3. The summed E-state index contributed by atoms with van der Waals surface area (Å²) in [6, 6.07) is 17.9. The molecule has 226 valence electrons. The molecule has 0 aromatic heterocycles. The van der Waals surface area contributed by atoms with E-state index in [1.54, 1.807) is 25.7 Å². The Morgan fingerprint density at radius 2 is 1.60 bits per heavy atom. The quantitative estimate of drug-likeness (QED) is 0.230. The summed E-state index contributed by atoms with van der Waals surface area (Å²) >= 11 is 0. The third kappa shape index (κ3) is 8.81. The standard InChI is InChI=1S/C35H47N3O4/c1-9-10-13-20-38(33(40)30(23(2)3)37-34(41)42-35(6,7)8)31(29-19-16-24(4)21-25(29)5)32(39)36-28-18-17-26-14-11-12-15-27(26)22-28/h11-12,14-19,21-23,30-31H,9-10,13,20H2,1-8H3,(H,36,39)(H,37,41). The Labute approximate surface area is 251 Å². The van der Waals surface area contributed by atoms with Gasteiger partial charge in [0.2, 0.25) is 5.91 Å². The van der Waals surface area contributed by atoms with Crippen molar-refractivity contribution in [3.8, 4) is 0 Å². The van der Waals surface area contributed by atoms with Gasteiger partial charge in [0, 0.05) is 12.2 Å². The molecular weight excluding hydrogens is 526 g/mol. The van der Waals surface area contributed by atoms with Crippen molar-refractivity contribution in [2.75, 3.05) is 11.9 Å². The number of unbranched alkanes of at least 4 members (excludes halogenated alkanes) is 2. The molecule has 3 aromatic carbocycles. The molecule has 0 heterocycles. The van der Waals surface area contributed by atoms with Gasteiger partial charge in [-0.2, -0.15) is 0 Å². The van der Waals surface area contributed by atoms with Gasteiger partial charge in [0.05, 0.1) is 0 Å². The molecule has 3 rings (SSSR count). The fourth-order valence-corrected chi connectivity index (χ4v) is 5.09. The van der Waals surface area contributed by atoms with Crippen LogP contribution < -0.4 is 10.6 Å². The first-order valence-corrected chi connectivity index (χ1v) is 15.0. The highest BCUT2D eigenvalue weighted by Crippen LogP contribution is 2.30. The molecule has 7 heteroatoms. The first-order valence-electron chi connectivity index (χ1n) is 15.0. The summed E-state index contributed by atoms with van der Waals surface area (Å²) in [4.78, 5) is 43.1. The average Bonchev–Trinajstić information content (AvgIpc) is 2.90. The van der Waals surface area contributed by atoms with Crippen LogP contribution >= 0.6 is 0 Å². The fraction of sp³-hybridized carbons (Fsp3) is 0.457. The van der Waals surface area contributed by atoms with E-state index in [0.717, 1.165) is 46.7 Å². The molecule has 7 nitrogen and oxygen atoms in total. The Hall–Kier alpha value is -3.87. The summed E-state index contributed by atoms with van der Waals surface area (Å²) in [5.41, 5.74) is 2.69. The summed E-state index contributed by atoms with van der Waals surface area (Å²) in [6.07, 6.45) is 1.93. The molecule has 42 heavy (non-hydrogen) atoms. The molecule has 0 fully saturated rings. The van der Waals surface area contributed by atoms with Crippen molar-refractivity contribution in [3.05, 3.63) is 77.4 Å². The lowest BCUT2D eigenvalue weighted by Gasteiger charge is -2.36. The normalized spacial score (nSPS) is 13.0. The van der Waals surface area contributed by atoms with Crippen LogP contribution in [0.25, 0.3) is 10.8 Å². The highest BCUT2D eigenvalue weighted by Gasteiger charge is 2.38. The third-order valence-corrected chi connectivity index (χ3v) is 7.19. The minimum absolute atomic E-state index is 0.234. The summed E-state index contributed by atoms with van der Waals surface area (Å²) < 4.78 is 5.49. The minimum atomic E-state index is -0.900. The highest BCUT2D eigenvalue weighted by molar-refractivity contribution is 6.00. The van der Waals surface area contributed by atoms with E-state index >= 15 is 0 Å². The number of nitrogens with zero attached hydrogens (tertiary/aromatic N) is 1. The predicted octanol–water partition coefficient (Wildman–Crippen LogP) is 7.70. The number of rotatable bonds is 11. The summed E-state index contributed by atoms with van der Waals surface area (Å²) in [7, 11) is 0. The van der Waals surface area contributed by atoms with Crippen LogP contribution in [0.5, 0.6) is 0 Å². The molecule has 0 aliphatic rings. The number of benzene rings is 3. The van der Waals surface area contributed by atoms with Crippen molar-refractivity contribution in [1.82, 2.24) is 10.2 Å². The SMILES string of the molecule is CCCCCN(C(=O)C(NC(=O)OC(C)(C)C)C(C)C)C(C(=O)Nc1ccc2ccccc2c1)c1ccc(C)cc1C. The van der Waals surface area contributed by atoms with Gasteiger partial charge in [-0.25, -0.2) is 4.79 Å². The van der Waals surface area contributed by atoms with Crippen LogP contribution in [0.2, 0.25) is 0 Å². The molecule has 3 aromatic rings. The highest BCUT2D eigenvalue weighted by atomic mass is 16.6. The average molecular weight is 574 g/mol. The fourth-order valence-electron chi connectivity index (χ4n) is 5.09. The van der Waals surface area contributed by atoms with Crippen molar-refractivity contribution < 1.29 is 19.1 Å². The summed E-state index contributed by atoms with van der Waals surface area (Å²) in [5.74, 6) is -0.852. The molecule has 0 bridgehead atoms. The second-order valence-corrected chi connectivity index (χ2v) is 12.4. The van der Waals surface area contributed by atoms with E-state index in [1.807, 2.05) is 88.4 Å². The Kier molecular flexibility index (Phi) is 11.1. The molecule has 0 aliphatic heterocycles. The largest absolute Gasteiger partial charge is 0.444 e. The van der Waals surface area contributed by atoms with Crippen molar-refractivity contribution in [2.45, 2.75) is 92.3 Å². The number of nitrogens with one attached hydrogen (secondary N) is 2. The van der Waals surface area contributed by atoms with Crippen molar-refractivity contribution in [3.63, 3.8) is 0 Å². The van der Waals surface area contributed by atoms with Crippen LogP contribution in [0, 0.1) is 19.8 Å². The maximum absolute atomic E-state index is 14.4. The molecule has 0 spiro atoms. The number of aryl methyl sites for hydroxylation is 2. The number of anilines is 1. The second kappa shape index (κ2) is 14.3. The van der Waals surface area contributed by atoms with Gasteiger partial charge in [-0.05, 0) is 81.0 Å². The topological polar surface area (TPSA) is 87.7 Å². The Morgan fingerprint density at radius 1 is 0.905 bits per heavy atom. The van der Waals surface area contributed by atoms with Crippen LogP contribution in [0.15, 0.2) is 60.7 Å². The molecule has 2 N–H and O–H groups in total. The van der Waals surface area contributed by atoms with E-state index in [-0.39, 0.29) is 17.7 Å². The lowest BCUT2D eigenvalue weighted by molar-refractivity contribution is -0.141. The smallest absolute Gasteiger partial charge is 0.408 e. The first-order chi connectivity index (χ1) is 19.8. The van der Waals surface area contributed by atoms with E-state index in [9.17, 15) is 14.4 Å². The van der Waals surface area contributed by atoms with Gasteiger partial charge in [-0.15, -0.1) is 0 Å². The number of carbonyl (C=O) groups is 3. The lowest BCUT2D eigenvalue weighted by atomic mass is 9.94. The zero-order chi connectivity index (χ0) is 31.0. The van der Waals surface area contributed by atoms with E-state index < -0.39 is 23.8 Å². The Morgan fingerprint density at radius 3 is 2.21 bits per heavy atom. The molecule has 0 aliphatic carbocycles. The number of fused-ring (bicyclic) bond motifs is 1. The van der Waals surface area contributed by atoms with Crippen LogP contribution in [-0.2, 0) is 14.3 Å². The summed E-state index contributed by atoms with van der Waals surface area (Å²) in [6.45, 7) is 15.5. The van der Waals surface area contributed by atoms with Crippen molar-refractivity contribution >= 4 is 34.4 Å². The maximum Gasteiger partial charge on any atom is 0.408 e. The molecular formula is C35H47N3O4. The minimum Gasteiger partial charge on any atom is -0.444 e. The van der Waals surface area contributed by atoms with Crippen molar-refractivity contribution in [2.24, 2.45) is 5.92 Å². The molecule has 0 saturated heterocycles. The summed E-state index contributed by atoms with van der Waals surface area (Å²) in [5, 5.41) is 7.98. The number of ether oxygens (including phenoxy) is 1. The van der Waals surface area contributed by atoms with Gasteiger partial charge in [-0.1, -0.05) is 87.7 Å². The zero-order valence-electron chi connectivity index (χ0n) is 26.4. The van der Waals surface area contributed by atoms with E-state index in [4.69, 9.17) is 4.74 Å². The van der Waals surface area contributed by atoms with E-state index in [1.165, 1.54) is 0 Å². The molecule has 2 atom stereocenters. The van der Waals surface area contributed by atoms with Crippen LogP contribution in [-0.4, -0.2) is 41.0 Å². The molecule has 2 unspecified atom stereocenters. The number of hydrogen-bond acceptors (Lipinski definition) is 4. The first kappa shape index (κ1) is 32.6. The number of carbonyl (C=O) groups excluding carboxylic acids is 3. The van der Waals surface area contributed by atoms with Gasteiger partial charge in [0.15, 0.2) is 0 Å². The van der Waals surface area contributed by atoms with Gasteiger partial charge in [0.25, 0.3) is 5.91 Å². The predicted molar refractivity (Wildman–Crippen MR) is 170 cm³/mol. The monoisotopic (exact) mass is 573 g/mol. The Bertz CT molecular complexity index is 1390. The maximum atomic E-state index is 14.4. The van der Waals surface area contributed by atoms with Crippen LogP contribution in [0.4, 0.5) is 10.5 Å².